The maximum absolute atomic E-state index is 6.45. The number of hydrogen-bond donors (Lipinski definition) is 0. The Morgan fingerprint density at radius 2 is 0.796 bits per heavy atom. The molecule has 0 radical (unpaired) electrons. The van der Waals surface area contributed by atoms with E-state index in [1.54, 1.807) is 0 Å². The van der Waals surface area contributed by atoms with Crippen LogP contribution in [0.25, 0.3) is 88.1 Å². The van der Waals surface area contributed by atoms with Gasteiger partial charge in [0.15, 0.2) is 0 Å². The minimum atomic E-state index is 0.826. The molecule has 0 aliphatic heterocycles. The van der Waals surface area contributed by atoms with E-state index in [-0.39, 0.29) is 0 Å². The molecule has 0 N–H and O–H groups in total. The molecule has 0 spiro atoms. The summed E-state index contributed by atoms with van der Waals surface area (Å²) in [4.78, 5) is 0. The van der Waals surface area contributed by atoms with Gasteiger partial charge in [-0.25, -0.2) is 0 Å². The van der Waals surface area contributed by atoms with Gasteiger partial charge in [0.05, 0.1) is 0 Å². The second kappa shape index (κ2) is 10.5. The lowest BCUT2D eigenvalue weighted by atomic mass is 9.95. The lowest BCUT2D eigenvalue weighted by Crippen LogP contribution is -1.92. The van der Waals surface area contributed by atoms with Crippen LogP contribution in [-0.2, 0) is 6.42 Å². The fourth-order valence-electron chi connectivity index (χ4n) is 7.57. The van der Waals surface area contributed by atoms with Crippen molar-refractivity contribution in [1.29, 1.82) is 0 Å². The first-order valence-electron chi connectivity index (χ1n) is 16.8. The number of furan rings is 3. The number of hydrogen-bond acceptors (Lipinski definition) is 3. The van der Waals surface area contributed by atoms with Crippen LogP contribution in [0.2, 0.25) is 0 Å². The van der Waals surface area contributed by atoms with Crippen LogP contribution in [0.5, 0.6) is 0 Å². The van der Waals surface area contributed by atoms with Crippen LogP contribution in [0.15, 0.2) is 141 Å². The van der Waals surface area contributed by atoms with Crippen LogP contribution in [0, 0.1) is 20.8 Å². The Balaban J connectivity index is 0.991. The molecular weight excluding hydrogens is 601 g/mol. The van der Waals surface area contributed by atoms with E-state index < -0.39 is 0 Å². The third-order valence-corrected chi connectivity index (χ3v) is 10.2. The molecule has 0 aliphatic carbocycles. The van der Waals surface area contributed by atoms with Gasteiger partial charge in [0.1, 0.15) is 33.5 Å². The highest BCUT2D eigenvalue weighted by Crippen LogP contribution is 2.38. The third kappa shape index (κ3) is 4.57. The Labute approximate surface area is 283 Å². The van der Waals surface area contributed by atoms with Gasteiger partial charge in [-0.15, -0.1) is 0 Å². The first kappa shape index (κ1) is 28.0. The monoisotopic (exact) mass is 632 g/mol. The van der Waals surface area contributed by atoms with Crippen LogP contribution in [0.1, 0.15) is 27.8 Å². The van der Waals surface area contributed by atoms with Gasteiger partial charge < -0.3 is 13.3 Å². The zero-order valence-electron chi connectivity index (χ0n) is 27.6. The summed E-state index contributed by atoms with van der Waals surface area (Å²) >= 11 is 0. The van der Waals surface area contributed by atoms with E-state index in [2.05, 4.69) is 148 Å². The lowest BCUT2D eigenvalue weighted by Gasteiger charge is -2.09. The molecule has 10 rings (SSSR count). The molecule has 3 aromatic heterocycles. The average Bonchev–Trinajstić information content (AvgIpc) is 3.78. The van der Waals surface area contributed by atoms with E-state index in [0.717, 1.165) is 83.4 Å². The molecule has 3 heterocycles. The van der Waals surface area contributed by atoms with Crippen LogP contribution in [0.4, 0.5) is 0 Å². The van der Waals surface area contributed by atoms with Crippen LogP contribution in [-0.4, -0.2) is 0 Å². The van der Waals surface area contributed by atoms with Crippen molar-refractivity contribution < 1.29 is 13.3 Å². The topological polar surface area (TPSA) is 39.4 Å². The molecule has 3 heteroatoms. The third-order valence-electron chi connectivity index (χ3n) is 10.2. The Kier molecular flexibility index (Phi) is 5.98. The van der Waals surface area contributed by atoms with Crippen molar-refractivity contribution in [3.8, 4) is 22.3 Å². The Hall–Kier alpha value is -6.06. The quantitative estimate of drug-likeness (QED) is 0.194. The van der Waals surface area contributed by atoms with E-state index in [4.69, 9.17) is 13.3 Å². The molecule has 234 valence electrons. The molecule has 0 amide bonds. The molecular formula is C46H32O3. The summed E-state index contributed by atoms with van der Waals surface area (Å²) in [6, 6.07) is 45.7. The summed E-state index contributed by atoms with van der Waals surface area (Å²) in [6.07, 6.45) is 0.826. The fourth-order valence-corrected chi connectivity index (χ4v) is 7.57. The maximum Gasteiger partial charge on any atom is 0.135 e. The molecule has 49 heavy (non-hydrogen) atoms. The predicted octanol–water partition coefficient (Wildman–Crippen LogP) is 13.2. The van der Waals surface area contributed by atoms with E-state index >= 15 is 0 Å². The normalized spacial score (nSPS) is 12.1. The average molecular weight is 633 g/mol. The van der Waals surface area contributed by atoms with Crippen molar-refractivity contribution in [3.05, 3.63) is 155 Å². The summed E-state index contributed by atoms with van der Waals surface area (Å²) in [5.41, 5.74) is 16.5. The van der Waals surface area contributed by atoms with Gasteiger partial charge in [0.25, 0.3) is 0 Å². The van der Waals surface area contributed by atoms with Crippen molar-refractivity contribution >= 4 is 65.8 Å². The van der Waals surface area contributed by atoms with Crippen molar-refractivity contribution in [2.75, 3.05) is 0 Å². The lowest BCUT2D eigenvalue weighted by molar-refractivity contribution is 0.668. The SMILES string of the molecule is Cc1ccc2oc3ccc(-c4cccc(Cc5cc6oc7ccc(-c8ccc9oc%10ccc(C)cc%10c9c8)cc7c6cc5C)c4)cc3c2c1. The van der Waals surface area contributed by atoms with Gasteiger partial charge >= 0.3 is 0 Å². The highest BCUT2D eigenvalue weighted by molar-refractivity contribution is 6.09. The van der Waals surface area contributed by atoms with E-state index in [1.165, 1.54) is 38.9 Å². The number of benzene rings is 7. The largest absolute Gasteiger partial charge is 0.456 e. The minimum Gasteiger partial charge on any atom is -0.456 e. The van der Waals surface area contributed by atoms with Gasteiger partial charge in [0.2, 0.25) is 0 Å². The standard InChI is InChI=1S/C46H32O3/c1-26-7-12-41-35(17-26)38-22-31(9-14-43(38)47-41)30-6-4-5-29(20-30)21-34-25-46-37(19-28(34)3)40-24-33(11-16-45(40)49-46)32-10-15-44-39(23-32)36-18-27(2)8-13-42(36)48-44/h4-20,22-25H,21H2,1-3H3. The predicted molar refractivity (Wildman–Crippen MR) is 203 cm³/mol. The van der Waals surface area contributed by atoms with Gasteiger partial charge in [-0.1, -0.05) is 65.7 Å². The van der Waals surface area contributed by atoms with Crippen molar-refractivity contribution in [1.82, 2.24) is 0 Å². The van der Waals surface area contributed by atoms with Crippen molar-refractivity contribution in [2.24, 2.45) is 0 Å². The maximum atomic E-state index is 6.45. The molecule has 0 saturated heterocycles. The number of fused-ring (bicyclic) bond motifs is 9. The van der Waals surface area contributed by atoms with E-state index in [9.17, 15) is 0 Å². The van der Waals surface area contributed by atoms with Crippen molar-refractivity contribution in [2.45, 2.75) is 27.2 Å². The van der Waals surface area contributed by atoms with Gasteiger partial charge in [-0.3, -0.25) is 0 Å². The Morgan fingerprint density at radius 1 is 0.367 bits per heavy atom. The number of rotatable bonds is 4. The molecule has 10 aromatic rings. The van der Waals surface area contributed by atoms with Gasteiger partial charge in [-0.2, -0.15) is 0 Å². The smallest absolute Gasteiger partial charge is 0.135 e. The van der Waals surface area contributed by atoms with Crippen molar-refractivity contribution in [3.63, 3.8) is 0 Å². The molecule has 0 unspecified atom stereocenters. The molecule has 3 nitrogen and oxygen atoms in total. The highest BCUT2D eigenvalue weighted by atomic mass is 16.3. The van der Waals surface area contributed by atoms with Crippen LogP contribution in [0.3, 0.4) is 0 Å². The summed E-state index contributed by atoms with van der Waals surface area (Å²) in [6.45, 7) is 6.45. The Morgan fingerprint density at radius 3 is 1.33 bits per heavy atom. The second-order valence-corrected chi connectivity index (χ2v) is 13.6. The second-order valence-electron chi connectivity index (χ2n) is 13.6. The van der Waals surface area contributed by atoms with E-state index in [1.807, 2.05) is 0 Å². The molecule has 7 aromatic carbocycles. The minimum absolute atomic E-state index is 0.826. The summed E-state index contributed by atoms with van der Waals surface area (Å²) < 4.78 is 18.7. The van der Waals surface area contributed by atoms with Crippen LogP contribution >= 0.6 is 0 Å². The Bertz CT molecular complexity index is 2950. The molecule has 0 aliphatic rings. The zero-order chi connectivity index (χ0) is 32.8. The first-order valence-corrected chi connectivity index (χ1v) is 16.8. The molecule has 0 atom stereocenters. The van der Waals surface area contributed by atoms with Gasteiger partial charge in [-0.05, 0) is 139 Å². The molecule has 0 fully saturated rings. The first-order chi connectivity index (χ1) is 23.9. The summed E-state index contributed by atoms with van der Waals surface area (Å²) in [5.74, 6) is 0. The van der Waals surface area contributed by atoms with Gasteiger partial charge in [0, 0.05) is 32.3 Å². The zero-order valence-corrected chi connectivity index (χ0v) is 27.6. The highest BCUT2D eigenvalue weighted by Gasteiger charge is 2.15. The molecule has 0 bridgehead atoms. The summed E-state index contributed by atoms with van der Waals surface area (Å²) in [7, 11) is 0. The summed E-state index contributed by atoms with van der Waals surface area (Å²) in [5, 5.41) is 6.90. The van der Waals surface area contributed by atoms with E-state index in [0.29, 0.717) is 0 Å². The number of aryl methyl sites for hydroxylation is 3. The molecule has 0 saturated carbocycles. The fraction of sp³-hybridized carbons (Fsp3) is 0.0870. The van der Waals surface area contributed by atoms with Crippen LogP contribution < -0.4 is 0 Å².